The molecule has 0 nitrogen and oxygen atoms in total. The van der Waals surface area contributed by atoms with Gasteiger partial charge < -0.3 is 0 Å². The Kier molecular flexibility index (Phi) is 10.7. The van der Waals surface area contributed by atoms with Gasteiger partial charge in [-0.25, -0.2) is 0 Å². The van der Waals surface area contributed by atoms with Gasteiger partial charge in [0, 0.05) is 0 Å². The van der Waals surface area contributed by atoms with Gasteiger partial charge in [-0.2, -0.15) is 11.8 Å². The van der Waals surface area contributed by atoms with Crippen LogP contribution in [0, 0.1) is 0 Å². The molecule has 0 aromatic rings. The topological polar surface area (TPSA) is 0 Å². The predicted octanol–water partition coefficient (Wildman–Crippen LogP) is 4.05. The quantitative estimate of drug-likeness (QED) is 0.422. The van der Waals surface area contributed by atoms with Gasteiger partial charge in [-0.1, -0.05) is 43.0 Å². The lowest BCUT2D eigenvalue weighted by Crippen LogP contribution is -2.07. The first-order valence-corrected chi connectivity index (χ1v) is 9.03. The molecule has 0 aliphatic carbocycles. The Morgan fingerprint density at radius 1 is 1.00 bits per heavy atom. The molecule has 0 aliphatic heterocycles. The lowest BCUT2D eigenvalue weighted by Gasteiger charge is -2.05. The molecule has 0 spiro atoms. The Morgan fingerprint density at radius 2 is 1.67 bits per heavy atom. The van der Waals surface area contributed by atoms with E-state index in [2.05, 4.69) is 32.5 Å². The van der Waals surface area contributed by atoms with Crippen LogP contribution < -0.4 is 0 Å². The third-order valence-corrected chi connectivity index (χ3v) is 7.03. The molecule has 0 saturated heterocycles. The Hall–Kier alpha value is 0.882. The number of rotatable bonds is 8. The fourth-order valence-corrected chi connectivity index (χ4v) is 4.44. The zero-order valence-corrected chi connectivity index (χ0v) is 10.9. The van der Waals surface area contributed by atoms with Crippen LogP contribution >= 0.6 is 11.8 Å². The van der Waals surface area contributed by atoms with E-state index in [1.165, 1.54) is 34.9 Å². The Labute approximate surface area is 86.9 Å². The summed E-state index contributed by atoms with van der Waals surface area (Å²) < 4.78 is 0. The van der Waals surface area contributed by atoms with Crippen molar-refractivity contribution in [2.24, 2.45) is 0 Å². The van der Waals surface area contributed by atoms with Crippen LogP contribution in [0.4, 0.5) is 0 Å². The molecule has 0 bridgehead atoms. The molecule has 0 saturated carbocycles. The van der Waals surface area contributed by atoms with Crippen LogP contribution in [0.3, 0.4) is 0 Å². The Balaban J connectivity index is 3.06. The van der Waals surface area contributed by atoms with Crippen LogP contribution in [-0.4, -0.2) is 25.7 Å². The zero-order chi connectivity index (χ0) is 9.23. The van der Waals surface area contributed by atoms with Crippen LogP contribution in [0.15, 0.2) is 0 Å². The monoisotopic (exact) mass is 202 g/mol. The fourth-order valence-electron chi connectivity index (χ4n) is 1.48. The maximum absolute atomic E-state index is 2.38. The molecule has 0 radical (unpaired) electrons. The second kappa shape index (κ2) is 9.97. The van der Waals surface area contributed by atoms with Crippen LogP contribution in [0.25, 0.3) is 0 Å². The first kappa shape index (κ1) is 12.9. The molecule has 2 heteroatoms. The molecular weight excluding hydrogens is 179 g/mol. The molecule has 0 N–H and O–H groups in total. The zero-order valence-electron chi connectivity index (χ0n) is 8.94. The van der Waals surface area contributed by atoms with Gasteiger partial charge in [-0.05, 0) is 17.9 Å². The van der Waals surface area contributed by atoms with Crippen LogP contribution in [0.2, 0.25) is 15.8 Å². The van der Waals surface area contributed by atoms with Crippen LogP contribution in [0.1, 0.15) is 33.6 Å². The van der Waals surface area contributed by atoms with Crippen molar-refractivity contribution < 1.29 is 0 Å². The lowest BCUT2D eigenvalue weighted by molar-refractivity contribution is 0.878. The lowest BCUT2D eigenvalue weighted by atomic mass is 10.4. The molecule has 0 aromatic heterocycles. The highest BCUT2D eigenvalue weighted by atomic mass is 32.2. The summed E-state index contributed by atoms with van der Waals surface area (Å²) in [6, 6.07) is 0. The first-order chi connectivity index (χ1) is 5.85. The fraction of sp³-hybridized carbons (Fsp3) is 1.00. The highest BCUT2D eigenvalue weighted by Crippen LogP contribution is 2.11. The van der Waals surface area contributed by atoms with E-state index in [9.17, 15) is 0 Å². The normalized spacial score (nSPS) is 10.2. The molecule has 12 heavy (non-hydrogen) atoms. The van der Waals surface area contributed by atoms with E-state index in [-0.39, 0.29) is 14.1 Å². The van der Waals surface area contributed by atoms with Crippen molar-refractivity contribution in [1.82, 2.24) is 0 Å². The van der Waals surface area contributed by atoms with E-state index in [0.717, 1.165) is 0 Å². The van der Waals surface area contributed by atoms with E-state index >= 15 is 0 Å². The molecule has 0 atom stereocenters. The number of unbranched alkanes of at least 4 members (excludes halogenated alkanes) is 1. The molecule has 72 valence electrons. The van der Waals surface area contributed by atoms with Crippen molar-refractivity contribution in [3.8, 4) is 0 Å². The average molecular weight is 202 g/mol. The van der Waals surface area contributed by atoms with Gasteiger partial charge in [-0.3, -0.25) is 0 Å². The number of hydrogen-bond donors (Lipinski definition) is 0. The van der Waals surface area contributed by atoms with Crippen molar-refractivity contribution in [2.75, 3.05) is 11.5 Å². The molecule has 0 amide bonds. The summed E-state index contributed by atoms with van der Waals surface area (Å²) in [5.41, 5.74) is 0. The van der Waals surface area contributed by atoms with Crippen molar-refractivity contribution in [3.63, 3.8) is 0 Å². The van der Waals surface area contributed by atoms with E-state index in [1.807, 2.05) is 0 Å². The maximum atomic E-state index is 2.38. The Morgan fingerprint density at radius 3 is 2.17 bits per heavy atom. The molecule has 0 rings (SSSR count). The molecule has 0 unspecified atom stereocenters. The van der Waals surface area contributed by atoms with Gasteiger partial charge in [0.25, 0.3) is 14.1 Å². The van der Waals surface area contributed by atoms with Crippen LogP contribution in [0.5, 0.6) is 0 Å². The average Bonchev–Trinajstić information content (AvgIpc) is 2.11. The van der Waals surface area contributed by atoms with Gasteiger partial charge >= 0.3 is 0 Å². The largest absolute Gasteiger partial charge is 0.261 e. The predicted molar refractivity (Wildman–Crippen MR) is 63.8 cm³/mol. The summed E-state index contributed by atoms with van der Waals surface area (Å²) in [6.07, 6.45) is 2.97. The SMILES string of the molecule is CCSCCC[CH2][Al]([CH2]C)[CH2]C. The van der Waals surface area contributed by atoms with Crippen molar-refractivity contribution in [3.05, 3.63) is 0 Å². The first-order valence-electron chi connectivity index (χ1n) is 5.42. The minimum atomic E-state index is -0.253. The second-order valence-corrected chi connectivity index (χ2v) is 8.71. The smallest absolute Gasteiger partial charge is 0.162 e. The summed E-state index contributed by atoms with van der Waals surface area (Å²) in [5, 5.41) is 4.62. The van der Waals surface area contributed by atoms with Crippen molar-refractivity contribution in [1.29, 1.82) is 0 Å². The minimum Gasteiger partial charge on any atom is -0.162 e. The van der Waals surface area contributed by atoms with E-state index in [4.69, 9.17) is 0 Å². The third kappa shape index (κ3) is 7.53. The highest BCUT2D eigenvalue weighted by molar-refractivity contribution is 7.99. The summed E-state index contributed by atoms with van der Waals surface area (Å²) >= 11 is 1.84. The molecule has 0 aliphatic rings. The van der Waals surface area contributed by atoms with Gasteiger partial charge in [0.2, 0.25) is 0 Å². The van der Waals surface area contributed by atoms with E-state index in [1.54, 1.807) is 5.28 Å². The standard InChI is InChI=1S/C6H13S.2C2H5.Al/c1-3-5-6-7-4-2;2*1-2;/h1,3-6H2,2H3;2*1H2,2H3;. The van der Waals surface area contributed by atoms with Gasteiger partial charge in [0.05, 0.1) is 0 Å². The second-order valence-electron chi connectivity index (χ2n) is 3.38. The number of hydrogen-bond acceptors (Lipinski definition) is 1. The third-order valence-electron chi connectivity index (χ3n) is 2.51. The van der Waals surface area contributed by atoms with Crippen molar-refractivity contribution >= 4 is 25.9 Å². The molecule has 0 aromatic carbocycles. The Bertz CT molecular complexity index is 81.9. The molecule has 0 heterocycles. The van der Waals surface area contributed by atoms with E-state index < -0.39 is 0 Å². The van der Waals surface area contributed by atoms with Gasteiger partial charge in [-0.15, -0.1) is 0 Å². The molecular formula is C10H23AlS. The highest BCUT2D eigenvalue weighted by Gasteiger charge is 2.09. The van der Waals surface area contributed by atoms with Crippen molar-refractivity contribution in [2.45, 2.75) is 49.5 Å². The summed E-state index contributed by atoms with van der Waals surface area (Å²) in [4.78, 5) is 0. The maximum Gasteiger partial charge on any atom is 0.261 e. The summed E-state index contributed by atoms with van der Waals surface area (Å²) in [5.74, 6) is 2.69. The molecule has 0 fully saturated rings. The van der Waals surface area contributed by atoms with Crippen LogP contribution in [-0.2, 0) is 0 Å². The minimum absolute atomic E-state index is 0.253. The summed E-state index contributed by atoms with van der Waals surface area (Å²) in [7, 11) is 0. The van der Waals surface area contributed by atoms with Gasteiger partial charge in [0.15, 0.2) is 0 Å². The number of thioether (sulfide) groups is 1. The summed E-state index contributed by atoms with van der Waals surface area (Å²) in [6.45, 7) is 7.00. The van der Waals surface area contributed by atoms with Gasteiger partial charge in [0.1, 0.15) is 0 Å². The van der Waals surface area contributed by atoms with E-state index in [0.29, 0.717) is 0 Å².